The zero-order valence-corrected chi connectivity index (χ0v) is 6.91. The maximum absolute atomic E-state index is 5.64. The molecule has 1 atom stereocenters. The molecule has 2 aliphatic carbocycles. The highest BCUT2D eigenvalue weighted by molar-refractivity contribution is 7.80. The second-order valence-corrected chi connectivity index (χ2v) is 4.18. The summed E-state index contributed by atoms with van der Waals surface area (Å²) in [5.41, 5.74) is 6.26. The number of hydrogen-bond acceptors (Lipinski definition) is 1. The van der Waals surface area contributed by atoms with E-state index in [9.17, 15) is 0 Å². The molecule has 2 rings (SSSR count). The number of hydrogen-bond donors (Lipinski definition) is 1. The largest absolute Gasteiger partial charge is 0.393 e. The van der Waals surface area contributed by atoms with E-state index < -0.39 is 0 Å². The van der Waals surface area contributed by atoms with Gasteiger partial charge in [-0.15, -0.1) is 0 Å². The normalized spacial score (nSPS) is 34.6. The Hall–Kier alpha value is -0.110. The molecule has 2 saturated carbocycles. The van der Waals surface area contributed by atoms with Crippen LogP contribution in [0, 0.1) is 11.3 Å². The summed E-state index contributed by atoms with van der Waals surface area (Å²) in [7, 11) is 0. The van der Waals surface area contributed by atoms with Crippen LogP contribution in [0.15, 0.2) is 0 Å². The van der Waals surface area contributed by atoms with Crippen molar-refractivity contribution in [3.8, 4) is 0 Å². The van der Waals surface area contributed by atoms with Crippen molar-refractivity contribution in [3.05, 3.63) is 0 Å². The van der Waals surface area contributed by atoms with Crippen LogP contribution in [-0.2, 0) is 0 Å². The first-order valence-electron chi connectivity index (χ1n) is 4.04. The van der Waals surface area contributed by atoms with E-state index in [-0.39, 0.29) is 0 Å². The number of thiocarbonyl (C=S) groups is 1. The molecule has 0 heterocycles. The van der Waals surface area contributed by atoms with E-state index in [1.165, 1.54) is 32.1 Å². The van der Waals surface area contributed by atoms with Gasteiger partial charge in [0, 0.05) is 5.92 Å². The van der Waals surface area contributed by atoms with Crippen molar-refractivity contribution in [1.29, 1.82) is 0 Å². The van der Waals surface area contributed by atoms with Crippen LogP contribution in [0.25, 0.3) is 0 Å². The van der Waals surface area contributed by atoms with Gasteiger partial charge < -0.3 is 5.73 Å². The van der Waals surface area contributed by atoms with Crippen molar-refractivity contribution in [2.75, 3.05) is 0 Å². The quantitative estimate of drug-likeness (QED) is 0.585. The van der Waals surface area contributed by atoms with Gasteiger partial charge in [-0.05, 0) is 31.1 Å². The summed E-state index contributed by atoms with van der Waals surface area (Å²) in [5.74, 6) is 0.600. The SMILES string of the molecule is NC(=S)[C@H]1CCCC12CC2. The summed E-state index contributed by atoms with van der Waals surface area (Å²) in [6.45, 7) is 0. The van der Waals surface area contributed by atoms with Gasteiger partial charge in [-0.2, -0.15) is 0 Å². The van der Waals surface area contributed by atoms with Crippen molar-refractivity contribution in [2.24, 2.45) is 17.1 Å². The zero-order chi connectivity index (χ0) is 7.19. The van der Waals surface area contributed by atoms with E-state index in [2.05, 4.69) is 0 Å². The van der Waals surface area contributed by atoms with Gasteiger partial charge in [0.25, 0.3) is 0 Å². The Morgan fingerprint density at radius 2 is 2.10 bits per heavy atom. The van der Waals surface area contributed by atoms with Crippen LogP contribution < -0.4 is 5.73 Å². The van der Waals surface area contributed by atoms with Gasteiger partial charge in [0.2, 0.25) is 0 Å². The van der Waals surface area contributed by atoms with Gasteiger partial charge in [0.1, 0.15) is 0 Å². The van der Waals surface area contributed by atoms with Crippen LogP contribution in [0.1, 0.15) is 32.1 Å². The molecule has 2 aliphatic rings. The molecule has 0 saturated heterocycles. The fourth-order valence-electron chi connectivity index (χ4n) is 2.34. The molecule has 56 valence electrons. The molecule has 0 aromatic heterocycles. The smallest absolute Gasteiger partial charge is 0.0764 e. The molecule has 0 aliphatic heterocycles. The van der Waals surface area contributed by atoms with Crippen LogP contribution in [0.4, 0.5) is 0 Å². The first-order chi connectivity index (χ1) is 4.75. The standard InChI is InChI=1S/C8H13NS/c9-7(10)6-2-1-3-8(6)4-5-8/h6H,1-5H2,(H2,9,10)/t6-/m1/s1. The van der Waals surface area contributed by atoms with Crippen LogP contribution in [0.2, 0.25) is 0 Å². The second-order valence-electron chi connectivity index (χ2n) is 3.71. The summed E-state index contributed by atoms with van der Waals surface area (Å²) in [6.07, 6.45) is 6.76. The van der Waals surface area contributed by atoms with E-state index in [1.807, 2.05) is 0 Å². The summed E-state index contributed by atoms with van der Waals surface area (Å²) < 4.78 is 0. The third kappa shape index (κ3) is 0.782. The van der Waals surface area contributed by atoms with Gasteiger partial charge in [0.15, 0.2) is 0 Å². The van der Waals surface area contributed by atoms with Crippen LogP contribution in [0.5, 0.6) is 0 Å². The van der Waals surface area contributed by atoms with E-state index in [1.54, 1.807) is 0 Å². The molecule has 0 aromatic carbocycles. The molecule has 0 radical (unpaired) electrons. The average molecular weight is 155 g/mol. The molecular formula is C8H13NS. The molecule has 0 unspecified atom stereocenters. The van der Waals surface area contributed by atoms with Crippen molar-refractivity contribution >= 4 is 17.2 Å². The minimum Gasteiger partial charge on any atom is -0.393 e. The summed E-state index contributed by atoms with van der Waals surface area (Å²) in [4.78, 5) is 0.773. The van der Waals surface area contributed by atoms with Gasteiger partial charge >= 0.3 is 0 Å². The summed E-state index contributed by atoms with van der Waals surface area (Å²) >= 11 is 5.02. The Kier molecular flexibility index (Phi) is 1.28. The fraction of sp³-hybridized carbons (Fsp3) is 0.875. The fourth-order valence-corrected chi connectivity index (χ4v) is 2.71. The van der Waals surface area contributed by atoms with Crippen molar-refractivity contribution < 1.29 is 0 Å². The molecule has 0 amide bonds. The highest BCUT2D eigenvalue weighted by atomic mass is 32.1. The lowest BCUT2D eigenvalue weighted by Gasteiger charge is -2.15. The maximum Gasteiger partial charge on any atom is 0.0764 e. The van der Waals surface area contributed by atoms with Gasteiger partial charge in [0.05, 0.1) is 4.99 Å². The Bertz CT molecular complexity index is 172. The second kappa shape index (κ2) is 1.94. The predicted octanol–water partition coefficient (Wildman–Crippen LogP) is 1.85. The van der Waals surface area contributed by atoms with E-state index in [0.29, 0.717) is 11.3 Å². The lowest BCUT2D eigenvalue weighted by molar-refractivity contribution is 0.462. The predicted molar refractivity (Wildman–Crippen MR) is 45.8 cm³/mol. The molecule has 2 fully saturated rings. The highest BCUT2D eigenvalue weighted by Crippen LogP contribution is 2.61. The minimum atomic E-state index is 0.600. The zero-order valence-electron chi connectivity index (χ0n) is 6.10. The molecule has 1 spiro atoms. The van der Waals surface area contributed by atoms with E-state index >= 15 is 0 Å². The van der Waals surface area contributed by atoms with E-state index in [4.69, 9.17) is 18.0 Å². The van der Waals surface area contributed by atoms with E-state index in [0.717, 1.165) is 4.99 Å². The lowest BCUT2D eigenvalue weighted by Crippen LogP contribution is -2.25. The third-order valence-corrected chi connectivity index (χ3v) is 3.43. The Balaban J connectivity index is 2.14. The van der Waals surface area contributed by atoms with Crippen molar-refractivity contribution in [2.45, 2.75) is 32.1 Å². The third-order valence-electron chi connectivity index (χ3n) is 3.14. The first-order valence-corrected chi connectivity index (χ1v) is 4.45. The summed E-state index contributed by atoms with van der Waals surface area (Å²) in [5, 5.41) is 0. The molecule has 2 N–H and O–H groups in total. The molecule has 2 heteroatoms. The van der Waals surface area contributed by atoms with Gasteiger partial charge in [-0.25, -0.2) is 0 Å². The molecular weight excluding hydrogens is 142 g/mol. The van der Waals surface area contributed by atoms with Crippen LogP contribution in [0.3, 0.4) is 0 Å². The number of rotatable bonds is 1. The Morgan fingerprint density at radius 1 is 1.40 bits per heavy atom. The first kappa shape index (κ1) is 6.59. The summed E-state index contributed by atoms with van der Waals surface area (Å²) in [6, 6.07) is 0. The Morgan fingerprint density at radius 3 is 2.50 bits per heavy atom. The lowest BCUT2D eigenvalue weighted by atomic mass is 9.93. The van der Waals surface area contributed by atoms with Crippen LogP contribution >= 0.6 is 12.2 Å². The highest BCUT2D eigenvalue weighted by Gasteiger charge is 2.52. The molecule has 1 nitrogen and oxygen atoms in total. The van der Waals surface area contributed by atoms with Gasteiger partial charge in [-0.3, -0.25) is 0 Å². The van der Waals surface area contributed by atoms with Crippen LogP contribution in [-0.4, -0.2) is 4.99 Å². The number of nitrogens with two attached hydrogens (primary N) is 1. The monoisotopic (exact) mass is 155 g/mol. The minimum absolute atomic E-state index is 0.600. The van der Waals surface area contributed by atoms with Crippen molar-refractivity contribution in [1.82, 2.24) is 0 Å². The molecule has 0 bridgehead atoms. The average Bonchev–Trinajstić information content (AvgIpc) is 2.42. The topological polar surface area (TPSA) is 26.0 Å². The molecule has 0 aromatic rings. The molecule has 10 heavy (non-hydrogen) atoms. The van der Waals surface area contributed by atoms with Crippen molar-refractivity contribution in [3.63, 3.8) is 0 Å². The van der Waals surface area contributed by atoms with Gasteiger partial charge in [-0.1, -0.05) is 18.6 Å². The maximum atomic E-state index is 5.64. The Labute approximate surface area is 67.0 Å².